The van der Waals surface area contributed by atoms with Crippen LogP contribution in [-0.4, -0.2) is 6.71 Å². The van der Waals surface area contributed by atoms with Gasteiger partial charge in [0.25, 0.3) is 6.71 Å². The van der Waals surface area contributed by atoms with Crippen molar-refractivity contribution in [3.8, 4) is 0 Å². The van der Waals surface area contributed by atoms with Gasteiger partial charge in [0.2, 0.25) is 0 Å². The van der Waals surface area contributed by atoms with Gasteiger partial charge in [0.05, 0.1) is 0 Å². The molecule has 0 N–H and O–H groups in total. The lowest BCUT2D eigenvalue weighted by Crippen LogP contribution is -2.60. The molecule has 0 radical (unpaired) electrons. The molecule has 3 rings (SSSR count). The first-order chi connectivity index (χ1) is 17.5. The maximum Gasteiger partial charge on any atom is 0.257 e. The summed E-state index contributed by atoms with van der Waals surface area (Å²) in [5, 5.41) is 0. The van der Waals surface area contributed by atoms with Crippen LogP contribution in [0.1, 0.15) is 76.0 Å². The Bertz CT molecular complexity index is 1260. The summed E-state index contributed by atoms with van der Waals surface area (Å²) in [5.41, 5.74) is -2.74. The van der Waals surface area contributed by atoms with Crippen molar-refractivity contribution in [3.63, 3.8) is 0 Å². The van der Waals surface area contributed by atoms with Crippen molar-refractivity contribution in [2.24, 2.45) is 0 Å². The molecule has 0 aliphatic rings. The summed E-state index contributed by atoms with van der Waals surface area (Å²) < 4.78 is 146. The molecule has 3 aromatic carbocycles. The lowest BCUT2D eigenvalue weighted by molar-refractivity contribution is 0.382. The Kier molecular flexibility index (Phi) is 8.29. The fourth-order valence-electron chi connectivity index (χ4n) is 4.53. The normalized spacial score (nSPS) is 11.9. The van der Waals surface area contributed by atoms with E-state index in [4.69, 9.17) is 0 Å². The van der Waals surface area contributed by atoms with Crippen LogP contribution in [0.5, 0.6) is 0 Å². The molecule has 0 unspecified atom stereocenters. The van der Waals surface area contributed by atoms with Gasteiger partial charge in [-0.1, -0.05) is 59.1 Å². The lowest BCUT2D eigenvalue weighted by Gasteiger charge is -2.29. The van der Waals surface area contributed by atoms with E-state index in [1.807, 2.05) is 13.8 Å². The second kappa shape index (κ2) is 10.7. The minimum atomic E-state index is -2.58. The zero-order valence-electron chi connectivity index (χ0n) is 21.2. The minimum Gasteiger partial charge on any atom is -0.204 e. The van der Waals surface area contributed by atoms with E-state index in [2.05, 4.69) is 0 Å². The first-order valence-electron chi connectivity index (χ1n) is 11.7. The lowest BCUT2D eigenvalue weighted by atomic mass is 9.34. The molecule has 0 saturated carbocycles. The molecule has 0 nitrogen and oxygen atoms in total. The van der Waals surface area contributed by atoms with Gasteiger partial charge >= 0.3 is 0 Å². The van der Waals surface area contributed by atoms with Gasteiger partial charge in [0.1, 0.15) is 0 Å². The van der Waals surface area contributed by atoms with Crippen LogP contribution in [0.3, 0.4) is 0 Å². The van der Waals surface area contributed by atoms with Gasteiger partial charge in [0.15, 0.2) is 58.2 Å². The largest absolute Gasteiger partial charge is 0.257 e. The van der Waals surface area contributed by atoms with E-state index in [1.165, 1.54) is 12.1 Å². The topological polar surface area (TPSA) is 0 Å². The van der Waals surface area contributed by atoms with Gasteiger partial charge in [-0.05, 0) is 34.4 Å². The van der Waals surface area contributed by atoms with Gasteiger partial charge in [-0.2, -0.15) is 0 Å². The van der Waals surface area contributed by atoms with Crippen LogP contribution in [0.2, 0.25) is 0 Å². The summed E-state index contributed by atoms with van der Waals surface area (Å²) in [4.78, 5) is 0. The monoisotopic (exact) mass is 548 g/mol. The molecule has 0 saturated heterocycles. The highest BCUT2D eigenvalue weighted by Gasteiger charge is 2.43. The van der Waals surface area contributed by atoms with E-state index in [0.29, 0.717) is 5.56 Å². The number of hydrogen-bond acceptors (Lipinski definition) is 0. The molecule has 0 spiro atoms. The molecule has 38 heavy (non-hydrogen) atoms. The Balaban J connectivity index is 2.72. The Hall–Kier alpha value is -2.98. The average molecular weight is 548 g/mol. The first kappa shape index (κ1) is 29.6. The molecule has 0 heterocycles. The highest BCUT2D eigenvalue weighted by atomic mass is 19.2. The molecule has 0 aromatic heterocycles. The van der Waals surface area contributed by atoms with E-state index in [1.54, 1.807) is 27.7 Å². The van der Waals surface area contributed by atoms with Crippen LogP contribution in [0.4, 0.5) is 43.9 Å². The predicted octanol–water partition coefficient (Wildman–Crippen LogP) is 6.96. The number of rotatable bonds is 6. The maximum absolute atomic E-state index is 15.2. The summed E-state index contributed by atoms with van der Waals surface area (Å²) in [6.07, 6.45) is 0. The van der Waals surface area contributed by atoms with E-state index in [0.717, 1.165) is 0 Å². The van der Waals surface area contributed by atoms with Gasteiger partial charge < -0.3 is 0 Å². The van der Waals surface area contributed by atoms with Crippen molar-refractivity contribution < 1.29 is 43.9 Å². The Morgan fingerprint density at radius 2 is 0.658 bits per heavy atom. The minimum absolute atomic E-state index is 0.124. The first-order valence-corrected chi connectivity index (χ1v) is 11.7. The van der Waals surface area contributed by atoms with Crippen molar-refractivity contribution in [1.29, 1.82) is 0 Å². The third-order valence-electron chi connectivity index (χ3n) is 6.53. The molecular formula is C27H23BF10. The van der Waals surface area contributed by atoms with Crippen molar-refractivity contribution in [3.05, 3.63) is 87.0 Å². The Morgan fingerprint density at radius 3 is 0.895 bits per heavy atom. The summed E-state index contributed by atoms with van der Waals surface area (Å²) in [7, 11) is 0. The van der Waals surface area contributed by atoms with E-state index in [9.17, 15) is 26.3 Å². The van der Waals surface area contributed by atoms with Crippen LogP contribution >= 0.6 is 0 Å². The molecule has 0 bridgehead atoms. The molecule has 11 heteroatoms. The third kappa shape index (κ3) is 4.69. The maximum atomic E-state index is 15.2. The van der Waals surface area contributed by atoms with Crippen LogP contribution in [0.25, 0.3) is 0 Å². The summed E-state index contributed by atoms with van der Waals surface area (Å²) in [5.74, 6) is -25.8. The molecule has 0 fully saturated rings. The van der Waals surface area contributed by atoms with E-state index < -0.39 is 87.6 Å². The predicted molar refractivity (Wildman–Crippen MR) is 126 cm³/mol. The molecule has 0 atom stereocenters. The molecule has 0 aliphatic carbocycles. The zero-order chi connectivity index (χ0) is 29.0. The SMILES string of the molecule is CC(C)c1cc(C(C)C)c(B(c2c(F)c(F)c(F)c(F)c2F)c2c(F)c(F)c(F)c(F)c2F)c(C(C)C)c1. The fraction of sp³-hybridized carbons (Fsp3) is 0.333. The highest BCUT2D eigenvalue weighted by Crippen LogP contribution is 2.28. The standard InChI is InChI=1S/C27H23BF10/c1-9(2)12-7-13(10(3)4)15(14(8-12)11(5)6)28(16-18(29)22(33)26(37)23(34)19(16)30)17-20(31)24(35)27(38)25(36)21(17)32/h7-11H,1-6H3. The molecule has 204 valence electrons. The smallest absolute Gasteiger partial charge is 0.204 e. The number of hydrogen-bond donors (Lipinski definition) is 0. The van der Waals surface area contributed by atoms with Gasteiger partial charge in [-0.3, -0.25) is 0 Å². The summed E-state index contributed by atoms with van der Waals surface area (Å²) in [6, 6.07) is 3.06. The van der Waals surface area contributed by atoms with Crippen molar-refractivity contribution in [2.75, 3.05) is 0 Å². The zero-order valence-corrected chi connectivity index (χ0v) is 21.2. The quantitative estimate of drug-likeness (QED) is 0.135. The number of halogens is 10. The molecule has 3 aromatic rings. The highest BCUT2D eigenvalue weighted by molar-refractivity contribution is 6.96. The molecular weight excluding hydrogens is 525 g/mol. The molecule has 0 amide bonds. The second-order valence-corrected chi connectivity index (χ2v) is 9.98. The van der Waals surface area contributed by atoms with Crippen LogP contribution in [-0.2, 0) is 0 Å². The van der Waals surface area contributed by atoms with Crippen molar-refractivity contribution >= 4 is 23.1 Å². The van der Waals surface area contributed by atoms with Crippen molar-refractivity contribution in [1.82, 2.24) is 0 Å². The van der Waals surface area contributed by atoms with Crippen LogP contribution in [0.15, 0.2) is 12.1 Å². The van der Waals surface area contributed by atoms with E-state index in [-0.39, 0.29) is 22.5 Å². The van der Waals surface area contributed by atoms with E-state index >= 15 is 17.6 Å². The van der Waals surface area contributed by atoms with Gasteiger partial charge in [-0.15, -0.1) is 0 Å². The Morgan fingerprint density at radius 1 is 0.395 bits per heavy atom. The Labute approximate surface area is 213 Å². The number of benzene rings is 3. The molecule has 0 aliphatic heterocycles. The van der Waals surface area contributed by atoms with Crippen molar-refractivity contribution in [2.45, 2.75) is 59.3 Å². The van der Waals surface area contributed by atoms with Gasteiger partial charge in [0, 0.05) is 10.9 Å². The fourth-order valence-corrected chi connectivity index (χ4v) is 4.53. The second-order valence-electron chi connectivity index (χ2n) is 9.98. The third-order valence-corrected chi connectivity index (χ3v) is 6.53. The van der Waals surface area contributed by atoms with Crippen LogP contribution in [0, 0.1) is 58.2 Å². The summed E-state index contributed by atoms with van der Waals surface area (Å²) >= 11 is 0. The average Bonchev–Trinajstić information content (AvgIpc) is 2.86. The van der Waals surface area contributed by atoms with Crippen LogP contribution < -0.4 is 16.4 Å². The summed E-state index contributed by atoms with van der Waals surface area (Å²) in [6.45, 7) is 7.44. The van der Waals surface area contributed by atoms with Gasteiger partial charge in [-0.25, -0.2) is 43.9 Å².